The van der Waals surface area contributed by atoms with Crippen molar-refractivity contribution in [3.8, 4) is 11.6 Å². The van der Waals surface area contributed by atoms with E-state index in [0.29, 0.717) is 6.54 Å². The number of amides is 1. The quantitative estimate of drug-likeness (QED) is 0.704. The molecule has 0 spiro atoms. The molecule has 24 heavy (non-hydrogen) atoms. The van der Waals surface area contributed by atoms with Crippen molar-refractivity contribution in [2.24, 2.45) is 10.2 Å². The second-order valence-corrected chi connectivity index (χ2v) is 5.46. The first kappa shape index (κ1) is 15.7. The van der Waals surface area contributed by atoms with Crippen LogP contribution in [0.3, 0.4) is 0 Å². The Bertz CT molecular complexity index is 958. The molecule has 3 rings (SSSR count). The van der Waals surface area contributed by atoms with Gasteiger partial charge in [-0.3, -0.25) is 4.79 Å². The smallest absolute Gasteiger partial charge is 0.299 e. The van der Waals surface area contributed by atoms with E-state index in [9.17, 15) is 15.0 Å². The molecule has 0 saturated heterocycles. The average molecular weight is 323 g/mol. The van der Waals surface area contributed by atoms with Gasteiger partial charge in [-0.1, -0.05) is 23.8 Å². The Kier molecular flexibility index (Phi) is 4.04. The number of phenolic OH excluding ortho intramolecular Hbond substituents is 1. The lowest BCUT2D eigenvalue weighted by molar-refractivity contribution is 0.0992. The largest absolute Gasteiger partial charge is 0.507 e. The molecule has 0 aliphatic rings. The lowest BCUT2D eigenvalue weighted by Crippen LogP contribution is -1.93. The van der Waals surface area contributed by atoms with Gasteiger partial charge in [0.15, 0.2) is 5.69 Å². The summed E-state index contributed by atoms with van der Waals surface area (Å²) in [4.78, 5) is 12.1. The molecule has 3 aromatic rings. The van der Waals surface area contributed by atoms with E-state index in [1.165, 1.54) is 12.1 Å². The molecule has 1 heterocycles. The van der Waals surface area contributed by atoms with Crippen molar-refractivity contribution in [2.75, 3.05) is 0 Å². The molecule has 0 aliphatic heterocycles. The van der Waals surface area contributed by atoms with E-state index >= 15 is 0 Å². The monoisotopic (exact) mass is 323 g/mol. The number of rotatable bonds is 3. The summed E-state index contributed by atoms with van der Waals surface area (Å²) < 4.78 is 1.70. The molecule has 0 bridgehead atoms. The molecular weight excluding hydrogens is 306 g/mol. The normalized spacial score (nSPS) is 11.4. The highest BCUT2D eigenvalue weighted by Crippen LogP contribution is 2.39. The highest BCUT2D eigenvalue weighted by atomic mass is 16.3. The molecule has 0 unspecified atom stereocenters. The Morgan fingerprint density at radius 3 is 2.62 bits per heavy atom. The maximum absolute atomic E-state index is 12.1. The lowest BCUT2D eigenvalue weighted by Gasteiger charge is -2.01. The van der Waals surface area contributed by atoms with Crippen molar-refractivity contribution < 1.29 is 15.0 Å². The fourth-order valence-corrected chi connectivity index (χ4v) is 2.66. The predicted octanol–water partition coefficient (Wildman–Crippen LogP) is 4.30. The predicted molar refractivity (Wildman–Crippen MR) is 91.0 cm³/mol. The van der Waals surface area contributed by atoms with Crippen molar-refractivity contribution in [3.05, 3.63) is 53.6 Å². The van der Waals surface area contributed by atoms with E-state index in [1.807, 2.05) is 32.0 Å². The number of hydrogen-bond acceptors (Lipinski definition) is 4. The summed E-state index contributed by atoms with van der Waals surface area (Å²) >= 11 is 0. The van der Waals surface area contributed by atoms with Gasteiger partial charge in [-0.25, -0.2) is 0 Å². The number of phenols is 1. The molecule has 1 amide bonds. The van der Waals surface area contributed by atoms with Crippen LogP contribution >= 0.6 is 0 Å². The number of carbonyl (C=O) groups excluding carboxylic acids is 1. The second kappa shape index (κ2) is 6.16. The molecule has 1 aromatic heterocycles. The number of fused-ring (bicyclic) bond motifs is 1. The van der Waals surface area contributed by atoms with E-state index in [4.69, 9.17) is 0 Å². The van der Waals surface area contributed by atoms with E-state index in [1.54, 1.807) is 16.7 Å². The molecule has 6 heteroatoms. The van der Waals surface area contributed by atoms with Gasteiger partial charge in [-0.2, -0.15) is 0 Å². The number of aryl methyl sites for hydroxylation is 2. The summed E-state index contributed by atoms with van der Waals surface area (Å²) in [6, 6.07) is 11.9. The molecule has 2 N–H and O–H groups in total. The van der Waals surface area contributed by atoms with E-state index < -0.39 is 5.91 Å². The summed E-state index contributed by atoms with van der Waals surface area (Å²) in [5, 5.41) is 28.4. The standard InChI is InChI=1S/C18H17N3O3/c1-3-21-14-9-8-11(2)10-13(14)16(18(21)24)19-20-17(23)12-6-4-5-7-15(12)22/h4-10,22,24H,3H2,1-2H3. The Labute approximate surface area is 138 Å². The molecular formula is C18H17N3O3. The third kappa shape index (κ3) is 2.62. The topological polar surface area (TPSA) is 87.2 Å². The van der Waals surface area contributed by atoms with Crippen LogP contribution in [0.5, 0.6) is 11.6 Å². The van der Waals surface area contributed by atoms with E-state index in [-0.39, 0.29) is 22.9 Å². The highest BCUT2D eigenvalue weighted by molar-refractivity contribution is 5.99. The number of carbonyl (C=O) groups is 1. The molecule has 0 saturated carbocycles. The first-order chi connectivity index (χ1) is 11.5. The maximum atomic E-state index is 12.1. The third-order valence-electron chi connectivity index (χ3n) is 3.86. The summed E-state index contributed by atoms with van der Waals surface area (Å²) in [6.45, 7) is 4.41. The molecule has 0 radical (unpaired) electrons. The number of hydrogen-bond donors (Lipinski definition) is 2. The average Bonchev–Trinajstić information content (AvgIpc) is 2.83. The van der Waals surface area contributed by atoms with Gasteiger partial charge in [0.05, 0.1) is 11.1 Å². The van der Waals surface area contributed by atoms with Gasteiger partial charge in [0.25, 0.3) is 5.91 Å². The molecule has 2 aromatic carbocycles. The fourth-order valence-electron chi connectivity index (χ4n) is 2.66. The fraction of sp³-hybridized carbons (Fsp3) is 0.167. The van der Waals surface area contributed by atoms with Crippen LogP contribution in [0.15, 0.2) is 52.7 Å². The van der Waals surface area contributed by atoms with Gasteiger partial charge in [0, 0.05) is 11.9 Å². The molecule has 0 aliphatic carbocycles. The minimum absolute atomic E-state index is 0.0352. The van der Waals surface area contributed by atoms with Gasteiger partial charge in [0.1, 0.15) is 5.75 Å². The molecule has 6 nitrogen and oxygen atoms in total. The number of nitrogens with zero attached hydrogens (tertiary/aromatic N) is 3. The van der Waals surface area contributed by atoms with Gasteiger partial charge >= 0.3 is 0 Å². The van der Waals surface area contributed by atoms with Gasteiger partial charge in [0.2, 0.25) is 5.88 Å². The van der Waals surface area contributed by atoms with Gasteiger partial charge in [-0.15, -0.1) is 10.2 Å². The number of para-hydroxylation sites is 1. The third-order valence-corrected chi connectivity index (χ3v) is 3.86. The summed E-state index contributed by atoms with van der Waals surface area (Å²) in [5.74, 6) is -0.859. The molecule has 122 valence electrons. The Balaban J connectivity index is 2.07. The number of aromatic hydroxyl groups is 2. The van der Waals surface area contributed by atoms with E-state index in [0.717, 1.165) is 16.5 Å². The van der Waals surface area contributed by atoms with Crippen LogP contribution in [0.25, 0.3) is 10.9 Å². The zero-order valence-electron chi connectivity index (χ0n) is 13.4. The van der Waals surface area contributed by atoms with Gasteiger partial charge in [-0.05, 0) is 38.1 Å². The maximum Gasteiger partial charge on any atom is 0.299 e. The highest BCUT2D eigenvalue weighted by Gasteiger charge is 2.17. The van der Waals surface area contributed by atoms with Crippen LogP contribution < -0.4 is 0 Å². The molecule has 0 fully saturated rings. The number of benzene rings is 2. The SMILES string of the molecule is CCn1c(O)c(N=NC(=O)c2ccccc2O)c2cc(C)ccc21. The van der Waals surface area contributed by atoms with Crippen LogP contribution in [0.2, 0.25) is 0 Å². The van der Waals surface area contributed by atoms with Crippen LogP contribution in [0.1, 0.15) is 22.8 Å². The van der Waals surface area contributed by atoms with Crippen molar-refractivity contribution in [1.82, 2.24) is 4.57 Å². The zero-order valence-corrected chi connectivity index (χ0v) is 13.4. The second-order valence-electron chi connectivity index (χ2n) is 5.46. The van der Waals surface area contributed by atoms with Crippen molar-refractivity contribution in [3.63, 3.8) is 0 Å². The lowest BCUT2D eigenvalue weighted by atomic mass is 10.1. The van der Waals surface area contributed by atoms with Gasteiger partial charge < -0.3 is 14.8 Å². The van der Waals surface area contributed by atoms with E-state index in [2.05, 4.69) is 10.2 Å². The van der Waals surface area contributed by atoms with Crippen molar-refractivity contribution >= 4 is 22.5 Å². The van der Waals surface area contributed by atoms with Crippen LogP contribution in [-0.4, -0.2) is 20.7 Å². The zero-order chi connectivity index (χ0) is 17.3. The summed E-state index contributed by atoms with van der Waals surface area (Å²) in [7, 11) is 0. The van der Waals surface area contributed by atoms with Crippen LogP contribution in [-0.2, 0) is 6.54 Å². The number of aromatic nitrogens is 1. The number of azo groups is 1. The Hall–Kier alpha value is -3.15. The van der Waals surface area contributed by atoms with Crippen LogP contribution in [0.4, 0.5) is 5.69 Å². The first-order valence-electron chi connectivity index (χ1n) is 7.58. The summed E-state index contributed by atoms with van der Waals surface area (Å²) in [6.07, 6.45) is 0. The van der Waals surface area contributed by atoms with Crippen LogP contribution in [0, 0.1) is 6.92 Å². The van der Waals surface area contributed by atoms with Crippen molar-refractivity contribution in [1.29, 1.82) is 0 Å². The summed E-state index contributed by atoms with van der Waals surface area (Å²) in [5.41, 5.74) is 2.15. The van der Waals surface area contributed by atoms with Crippen molar-refractivity contribution in [2.45, 2.75) is 20.4 Å². The Morgan fingerprint density at radius 2 is 1.92 bits per heavy atom. The minimum atomic E-state index is -0.669. The molecule has 0 atom stereocenters. The first-order valence-corrected chi connectivity index (χ1v) is 7.58. The Morgan fingerprint density at radius 1 is 1.17 bits per heavy atom. The minimum Gasteiger partial charge on any atom is -0.507 e.